The predicted octanol–water partition coefficient (Wildman–Crippen LogP) is 2.14. The molecule has 1 aromatic rings. The maximum absolute atomic E-state index is 11.1. The van der Waals surface area contributed by atoms with Crippen LogP contribution in [0.3, 0.4) is 0 Å². The highest BCUT2D eigenvalue weighted by atomic mass is 16.7. The number of carboxylic acids is 1. The highest BCUT2D eigenvalue weighted by Gasteiger charge is 2.41. The van der Waals surface area contributed by atoms with E-state index in [0.29, 0.717) is 11.3 Å². The van der Waals surface area contributed by atoms with Crippen molar-refractivity contribution in [1.82, 2.24) is 0 Å². The fourth-order valence-electron chi connectivity index (χ4n) is 2.37. The number of hydrogen-bond donors (Lipinski definition) is 4. The third-order valence-corrected chi connectivity index (χ3v) is 3.70. The number of nitrogens with one attached hydrogen (secondary N) is 1. The third-order valence-electron chi connectivity index (χ3n) is 3.70. The number of anilines is 1. The van der Waals surface area contributed by atoms with Crippen LogP contribution in [0.4, 0.5) is 5.69 Å². The summed E-state index contributed by atoms with van der Waals surface area (Å²) in [4.78, 5) is 21.9. The van der Waals surface area contributed by atoms with Gasteiger partial charge >= 0.3 is 11.9 Å². The predicted molar refractivity (Wildman–Crippen MR) is 108 cm³/mol. The van der Waals surface area contributed by atoms with Crippen LogP contribution >= 0.6 is 0 Å². The van der Waals surface area contributed by atoms with Crippen LogP contribution in [0.5, 0.6) is 5.75 Å². The van der Waals surface area contributed by atoms with Gasteiger partial charge in [0.2, 0.25) is 6.29 Å². The van der Waals surface area contributed by atoms with Gasteiger partial charge in [0.25, 0.3) is 0 Å². The summed E-state index contributed by atoms with van der Waals surface area (Å²) < 4.78 is 15.7. The zero-order chi connectivity index (χ0) is 22.6. The summed E-state index contributed by atoms with van der Waals surface area (Å²) in [6, 6.07) is 4.90. The number of rotatable bonds is 6. The lowest BCUT2D eigenvalue weighted by Gasteiger charge is -2.35. The SMILES string of the molecule is CC.CC.CNc1cc(COC(C)=O)ccc1O[C@@H]1O[C@H](C(=O)O)C[C@H](O)[C@H]1O. The average Bonchev–Trinajstić information content (AvgIpc) is 2.73. The number of benzene rings is 1. The van der Waals surface area contributed by atoms with Crippen molar-refractivity contribution in [2.75, 3.05) is 12.4 Å². The number of carbonyl (C=O) groups excluding carboxylic acids is 1. The summed E-state index contributed by atoms with van der Waals surface area (Å²) >= 11 is 0. The Labute approximate surface area is 171 Å². The molecule has 1 fully saturated rings. The summed E-state index contributed by atoms with van der Waals surface area (Å²) in [6.45, 7) is 9.40. The van der Waals surface area contributed by atoms with Gasteiger partial charge in [-0.15, -0.1) is 0 Å². The Morgan fingerprint density at radius 2 is 1.83 bits per heavy atom. The standard InChI is InChI=1S/C16H21NO8.2C2H6/c1-8(18)23-7-9-3-4-12(10(5-9)17-2)24-16-14(20)11(19)6-13(25-16)15(21)22;2*1-2/h3-5,11,13-14,16-17,19-20H,6-7H2,1-2H3,(H,21,22);2*1-2H3/t11-,13-,14+,16+;;/m0../s1. The van der Waals surface area contributed by atoms with Gasteiger partial charge in [-0.2, -0.15) is 0 Å². The molecule has 0 aromatic heterocycles. The minimum atomic E-state index is -1.39. The molecule has 1 aliphatic heterocycles. The van der Waals surface area contributed by atoms with Crippen molar-refractivity contribution in [2.45, 2.75) is 72.2 Å². The van der Waals surface area contributed by atoms with E-state index in [1.165, 1.54) is 6.92 Å². The van der Waals surface area contributed by atoms with E-state index in [2.05, 4.69) is 5.32 Å². The van der Waals surface area contributed by atoms with Crippen LogP contribution in [-0.4, -0.2) is 58.9 Å². The molecule has 4 N–H and O–H groups in total. The molecule has 1 heterocycles. The van der Waals surface area contributed by atoms with Gasteiger partial charge in [-0.05, 0) is 17.7 Å². The molecule has 9 nitrogen and oxygen atoms in total. The number of esters is 1. The zero-order valence-corrected chi connectivity index (χ0v) is 17.8. The Kier molecular flexibility index (Phi) is 12.6. The van der Waals surface area contributed by atoms with Crippen molar-refractivity contribution in [2.24, 2.45) is 0 Å². The summed E-state index contributed by atoms with van der Waals surface area (Å²) in [5.41, 5.74) is 1.23. The van der Waals surface area contributed by atoms with Crippen molar-refractivity contribution in [1.29, 1.82) is 0 Å². The molecular weight excluding hydrogens is 382 g/mol. The van der Waals surface area contributed by atoms with Gasteiger partial charge in [-0.3, -0.25) is 4.79 Å². The van der Waals surface area contributed by atoms with E-state index in [9.17, 15) is 19.8 Å². The lowest BCUT2D eigenvalue weighted by molar-refractivity contribution is -0.238. The van der Waals surface area contributed by atoms with Crippen LogP contribution in [0.2, 0.25) is 0 Å². The first-order valence-electron chi connectivity index (χ1n) is 9.67. The zero-order valence-electron chi connectivity index (χ0n) is 17.8. The minimum Gasteiger partial charge on any atom is -0.479 e. The van der Waals surface area contributed by atoms with Crippen LogP contribution in [0.1, 0.15) is 46.6 Å². The number of aliphatic carboxylic acids is 1. The maximum atomic E-state index is 11.1. The van der Waals surface area contributed by atoms with Gasteiger partial charge in [0.05, 0.1) is 11.8 Å². The Bertz CT molecular complexity index is 637. The van der Waals surface area contributed by atoms with Gasteiger partial charge in [-0.25, -0.2) is 4.79 Å². The van der Waals surface area contributed by atoms with E-state index in [0.717, 1.165) is 0 Å². The van der Waals surface area contributed by atoms with Crippen LogP contribution in [0, 0.1) is 0 Å². The summed E-state index contributed by atoms with van der Waals surface area (Å²) in [7, 11) is 1.64. The third kappa shape index (κ3) is 8.26. The molecule has 0 spiro atoms. The number of carboxylic acid groups (broad SMARTS) is 1. The Balaban J connectivity index is 0.00000184. The molecule has 0 unspecified atom stereocenters. The van der Waals surface area contributed by atoms with Gasteiger partial charge in [-0.1, -0.05) is 33.8 Å². The van der Waals surface area contributed by atoms with Crippen molar-refractivity contribution in [3.63, 3.8) is 0 Å². The van der Waals surface area contributed by atoms with Gasteiger partial charge in [0.15, 0.2) is 6.10 Å². The first-order chi connectivity index (χ1) is 13.8. The van der Waals surface area contributed by atoms with Crippen molar-refractivity contribution >= 4 is 17.6 Å². The monoisotopic (exact) mass is 415 g/mol. The molecule has 166 valence electrons. The Morgan fingerprint density at radius 1 is 1.21 bits per heavy atom. The van der Waals surface area contributed by atoms with E-state index < -0.39 is 36.5 Å². The van der Waals surface area contributed by atoms with E-state index in [4.69, 9.17) is 19.3 Å². The maximum Gasteiger partial charge on any atom is 0.333 e. The molecule has 0 bridgehead atoms. The highest BCUT2D eigenvalue weighted by molar-refractivity contribution is 5.72. The largest absolute Gasteiger partial charge is 0.479 e. The van der Waals surface area contributed by atoms with E-state index >= 15 is 0 Å². The van der Waals surface area contributed by atoms with Gasteiger partial charge in [0, 0.05) is 20.4 Å². The van der Waals surface area contributed by atoms with E-state index in [1.54, 1.807) is 25.2 Å². The first-order valence-corrected chi connectivity index (χ1v) is 9.67. The van der Waals surface area contributed by atoms with Crippen LogP contribution < -0.4 is 10.1 Å². The van der Waals surface area contributed by atoms with E-state index in [1.807, 2.05) is 27.7 Å². The van der Waals surface area contributed by atoms with Gasteiger partial charge < -0.3 is 34.8 Å². The minimum absolute atomic E-state index is 0.0899. The molecule has 0 aliphatic carbocycles. The molecule has 2 rings (SSSR count). The summed E-state index contributed by atoms with van der Waals surface area (Å²) in [5, 5.41) is 31.7. The topological polar surface area (TPSA) is 135 Å². The molecule has 0 saturated carbocycles. The normalized spacial score (nSPS) is 22.8. The summed E-state index contributed by atoms with van der Waals surface area (Å²) in [6.07, 6.45) is -5.50. The first kappa shape index (κ1) is 26.6. The number of carbonyl (C=O) groups is 2. The average molecular weight is 415 g/mol. The molecule has 9 heteroatoms. The van der Waals surface area contributed by atoms with Crippen molar-refractivity contribution < 1.29 is 39.1 Å². The number of ether oxygens (including phenoxy) is 3. The van der Waals surface area contributed by atoms with Crippen LogP contribution in [0.25, 0.3) is 0 Å². The molecule has 1 saturated heterocycles. The molecule has 1 aliphatic rings. The number of aliphatic hydroxyl groups is 2. The second-order valence-corrected chi connectivity index (χ2v) is 5.60. The molecule has 0 amide bonds. The molecule has 29 heavy (non-hydrogen) atoms. The smallest absolute Gasteiger partial charge is 0.333 e. The van der Waals surface area contributed by atoms with Crippen LogP contribution in [-0.2, 0) is 25.7 Å². The lowest BCUT2D eigenvalue weighted by atomic mass is 10.0. The Morgan fingerprint density at radius 3 is 2.34 bits per heavy atom. The number of hydrogen-bond acceptors (Lipinski definition) is 8. The lowest BCUT2D eigenvalue weighted by Crippen LogP contribution is -2.52. The fraction of sp³-hybridized carbons (Fsp3) is 0.600. The molecule has 0 radical (unpaired) electrons. The Hall–Kier alpha value is -2.36. The second kappa shape index (κ2) is 13.8. The van der Waals surface area contributed by atoms with Crippen molar-refractivity contribution in [3.05, 3.63) is 23.8 Å². The summed E-state index contributed by atoms with van der Waals surface area (Å²) in [5.74, 6) is -1.36. The number of aliphatic hydroxyl groups excluding tert-OH is 2. The molecular formula is C20H33NO8. The van der Waals surface area contributed by atoms with Crippen molar-refractivity contribution in [3.8, 4) is 5.75 Å². The van der Waals surface area contributed by atoms with Gasteiger partial charge in [0.1, 0.15) is 18.5 Å². The molecule has 4 atom stereocenters. The fourth-order valence-corrected chi connectivity index (χ4v) is 2.37. The highest BCUT2D eigenvalue weighted by Crippen LogP contribution is 2.30. The second-order valence-electron chi connectivity index (χ2n) is 5.60. The molecule has 1 aromatic carbocycles. The van der Waals surface area contributed by atoms with Crippen LogP contribution in [0.15, 0.2) is 18.2 Å². The van der Waals surface area contributed by atoms with E-state index in [-0.39, 0.29) is 18.8 Å². The quantitative estimate of drug-likeness (QED) is 0.515.